The topological polar surface area (TPSA) is 120 Å². The summed E-state index contributed by atoms with van der Waals surface area (Å²) in [5.74, 6) is 0. The van der Waals surface area contributed by atoms with Gasteiger partial charge in [0.25, 0.3) is 0 Å². The molecule has 0 radical (unpaired) electrons. The summed E-state index contributed by atoms with van der Waals surface area (Å²) in [7, 11) is 0. The minimum Gasteiger partial charge on any atom is -0.870 e. The van der Waals surface area contributed by atoms with Gasteiger partial charge in [0, 0.05) is 21.7 Å². The van der Waals surface area contributed by atoms with Crippen LogP contribution < -0.4 is 0 Å². The Labute approximate surface area is 97.3 Å². The predicted octanol–water partition coefficient (Wildman–Crippen LogP) is -1.47. The minimum atomic E-state index is 0. The number of rotatable bonds is 0. The predicted molar refractivity (Wildman–Crippen MR) is 19.3 cm³/mol. The fourth-order valence-corrected chi connectivity index (χ4v) is 0. The standard InChI is InChI=1S/Al.Ca.4H2O.Ti/h;;4*1H2;/q+3;+2;;;;;/p-4. The SMILES string of the molecule is [Al+3].[Ca+2].[OH-].[OH-].[OH-].[OH-].[Ti]. The van der Waals surface area contributed by atoms with Gasteiger partial charge in [-0.1, -0.05) is 0 Å². The fourth-order valence-electron chi connectivity index (χ4n) is 0. The van der Waals surface area contributed by atoms with Crippen molar-refractivity contribution in [2.45, 2.75) is 0 Å². The van der Waals surface area contributed by atoms with Gasteiger partial charge in [-0.05, 0) is 0 Å². The molecule has 0 aromatic heterocycles. The van der Waals surface area contributed by atoms with Crippen LogP contribution >= 0.6 is 0 Å². The van der Waals surface area contributed by atoms with Crippen LogP contribution in [-0.2, 0) is 21.7 Å². The smallest absolute Gasteiger partial charge is 0.870 e. The van der Waals surface area contributed by atoms with Crippen molar-refractivity contribution in [2.24, 2.45) is 0 Å². The third kappa shape index (κ3) is 61.1. The molecular weight excluding hydrogens is 179 g/mol. The molecule has 0 aromatic rings. The van der Waals surface area contributed by atoms with Crippen molar-refractivity contribution < 1.29 is 43.6 Å². The maximum Gasteiger partial charge on any atom is 3.00 e. The average Bonchev–Trinajstić information content (AvgIpc) is 0. The Morgan fingerprint density at radius 1 is 0.571 bits per heavy atom. The summed E-state index contributed by atoms with van der Waals surface area (Å²) in [6.45, 7) is 0. The first-order valence-electron chi connectivity index (χ1n) is 0. The zero-order valence-corrected chi connectivity index (χ0v) is 8.50. The van der Waals surface area contributed by atoms with Gasteiger partial charge in [0.15, 0.2) is 0 Å². The summed E-state index contributed by atoms with van der Waals surface area (Å²) in [6, 6.07) is 0. The van der Waals surface area contributed by atoms with E-state index >= 15 is 0 Å². The van der Waals surface area contributed by atoms with Crippen LogP contribution in [0.2, 0.25) is 0 Å². The fraction of sp³-hybridized carbons (Fsp3) is 0. The molecule has 0 unspecified atom stereocenters. The third-order valence-corrected chi connectivity index (χ3v) is 0. The molecule has 0 heterocycles. The summed E-state index contributed by atoms with van der Waals surface area (Å²) in [5.41, 5.74) is 0. The molecule has 0 aromatic carbocycles. The largest absolute Gasteiger partial charge is 3.00 e. The van der Waals surface area contributed by atoms with Crippen LogP contribution in [0.4, 0.5) is 0 Å². The summed E-state index contributed by atoms with van der Waals surface area (Å²) in [5, 5.41) is 0. The Morgan fingerprint density at radius 2 is 0.571 bits per heavy atom. The first kappa shape index (κ1) is 118. The van der Waals surface area contributed by atoms with Crippen molar-refractivity contribution in [3.05, 3.63) is 0 Å². The van der Waals surface area contributed by atoms with E-state index < -0.39 is 0 Å². The first-order chi connectivity index (χ1) is 0. The molecule has 4 N–H and O–H groups in total. The van der Waals surface area contributed by atoms with Crippen molar-refractivity contribution in [2.75, 3.05) is 0 Å². The van der Waals surface area contributed by atoms with Crippen LogP contribution in [0, 0.1) is 0 Å². The number of hydrogen-bond acceptors (Lipinski definition) is 4. The molecule has 7 heteroatoms. The van der Waals surface area contributed by atoms with E-state index in [0.29, 0.717) is 0 Å². The van der Waals surface area contributed by atoms with Crippen molar-refractivity contribution in [1.82, 2.24) is 0 Å². The molecule has 0 aliphatic heterocycles. The quantitative estimate of drug-likeness (QED) is 0.425. The molecule has 0 saturated carbocycles. The van der Waals surface area contributed by atoms with E-state index in [1.165, 1.54) is 0 Å². The zero-order valence-electron chi connectivity index (χ0n) is 3.57. The molecule has 0 spiro atoms. The van der Waals surface area contributed by atoms with Crippen molar-refractivity contribution in [3.63, 3.8) is 0 Å². The van der Waals surface area contributed by atoms with Gasteiger partial charge in [0.1, 0.15) is 0 Å². The maximum atomic E-state index is 0. The molecule has 0 amide bonds. The van der Waals surface area contributed by atoms with Crippen LogP contribution in [0.15, 0.2) is 0 Å². The second kappa shape index (κ2) is 81.8. The summed E-state index contributed by atoms with van der Waals surface area (Å²) >= 11 is 0. The van der Waals surface area contributed by atoms with E-state index in [9.17, 15) is 0 Å². The van der Waals surface area contributed by atoms with Gasteiger partial charge in [-0.2, -0.15) is 0 Å². The normalized spacial score (nSPS) is 0. The Morgan fingerprint density at radius 3 is 0.571 bits per heavy atom. The van der Waals surface area contributed by atoms with Gasteiger partial charge in [-0.25, -0.2) is 0 Å². The van der Waals surface area contributed by atoms with Crippen molar-refractivity contribution in [3.8, 4) is 0 Å². The van der Waals surface area contributed by atoms with Crippen LogP contribution in [0.5, 0.6) is 0 Å². The van der Waals surface area contributed by atoms with Gasteiger partial charge in [-0.3, -0.25) is 0 Å². The maximum absolute atomic E-state index is 0. The van der Waals surface area contributed by atoms with Gasteiger partial charge in [-0.15, -0.1) is 0 Å². The molecule has 0 bridgehead atoms. The van der Waals surface area contributed by atoms with Gasteiger partial charge in [0.05, 0.1) is 0 Å². The molecule has 0 saturated heterocycles. The van der Waals surface area contributed by atoms with Crippen molar-refractivity contribution in [1.29, 1.82) is 0 Å². The Balaban J connectivity index is 0. The molecule has 7 heavy (non-hydrogen) atoms. The summed E-state index contributed by atoms with van der Waals surface area (Å²) in [6.07, 6.45) is 0. The van der Waals surface area contributed by atoms with Crippen LogP contribution in [0.25, 0.3) is 0 Å². The van der Waals surface area contributed by atoms with Gasteiger partial charge in [0.2, 0.25) is 0 Å². The Hall–Kier alpha value is 2.35. The summed E-state index contributed by atoms with van der Waals surface area (Å²) in [4.78, 5) is 0. The van der Waals surface area contributed by atoms with Crippen LogP contribution in [-0.4, -0.2) is 77.0 Å². The molecule has 36 valence electrons. The molecule has 0 rings (SSSR count). The molecule has 0 aliphatic carbocycles. The molecule has 0 atom stereocenters. The Bertz CT molecular complexity index is 11.7. The molecule has 0 fully saturated rings. The monoisotopic (exact) mass is 183 g/mol. The molecule has 0 aliphatic rings. The van der Waals surface area contributed by atoms with Crippen molar-refractivity contribution >= 4 is 55.1 Å². The minimum absolute atomic E-state index is 0. The third-order valence-electron chi connectivity index (χ3n) is 0. The van der Waals surface area contributed by atoms with Gasteiger partial charge >= 0.3 is 55.1 Å². The van der Waals surface area contributed by atoms with E-state index in [1.807, 2.05) is 0 Å². The van der Waals surface area contributed by atoms with Crippen LogP contribution in [0.1, 0.15) is 0 Å². The molecular formula is H4AlCaO4Ti+. The van der Waals surface area contributed by atoms with Crippen LogP contribution in [0.3, 0.4) is 0 Å². The van der Waals surface area contributed by atoms with E-state index in [0.717, 1.165) is 0 Å². The molecule has 4 nitrogen and oxygen atoms in total. The Kier molecular flexibility index (Phi) is 1380. The second-order valence-corrected chi connectivity index (χ2v) is 0. The average molecular weight is 183 g/mol. The van der Waals surface area contributed by atoms with E-state index in [4.69, 9.17) is 0 Å². The zero-order chi connectivity index (χ0) is 0. The van der Waals surface area contributed by atoms with E-state index in [1.54, 1.807) is 0 Å². The van der Waals surface area contributed by atoms with E-state index in [2.05, 4.69) is 0 Å². The number of hydrogen-bond donors (Lipinski definition) is 0. The van der Waals surface area contributed by atoms with Gasteiger partial charge < -0.3 is 21.9 Å². The first-order valence-corrected chi connectivity index (χ1v) is 0. The van der Waals surface area contributed by atoms with E-state index in [-0.39, 0.29) is 98.7 Å². The summed E-state index contributed by atoms with van der Waals surface area (Å²) < 4.78 is 0. The second-order valence-electron chi connectivity index (χ2n) is 0.